The Morgan fingerprint density at radius 1 is 1.23 bits per heavy atom. The zero-order valence-electron chi connectivity index (χ0n) is 14.7. The van der Waals surface area contributed by atoms with Gasteiger partial charge in [-0.3, -0.25) is 9.78 Å². The zero-order chi connectivity index (χ0) is 17.9. The number of carbonyl (C=O) groups excluding carboxylic acids is 1. The van der Waals surface area contributed by atoms with E-state index in [0.717, 1.165) is 11.4 Å². The summed E-state index contributed by atoms with van der Waals surface area (Å²) < 4.78 is 10.0. The number of aromatic nitrogens is 4. The summed E-state index contributed by atoms with van der Waals surface area (Å²) in [5, 5.41) is 0. The molecule has 3 aromatic heterocycles. The SMILES string of the molecule is Cn1cnc(C(=O)N2Cc3cccn3C[C@@H](OCc3ccccn3)C2)c1. The number of ether oxygens (including phenoxy) is 1. The van der Waals surface area contributed by atoms with Gasteiger partial charge in [0, 0.05) is 37.9 Å². The van der Waals surface area contributed by atoms with Crippen LogP contribution in [0.5, 0.6) is 0 Å². The second-order valence-electron chi connectivity index (χ2n) is 6.52. The Morgan fingerprint density at radius 3 is 2.92 bits per heavy atom. The first-order chi connectivity index (χ1) is 12.7. The fourth-order valence-electron chi connectivity index (χ4n) is 3.19. The first-order valence-corrected chi connectivity index (χ1v) is 8.62. The maximum atomic E-state index is 12.9. The van der Waals surface area contributed by atoms with Gasteiger partial charge >= 0.3 is 0 Å². The molecule has 7 nitrogen and oxygen atoms in total. The lowest BCUT2D eigenvalue weighted by molar-refractivity contribution is 0.00910. The third-order valence-electron chi connectivity index (χ3n) is 4.51. The number of rotatable bonds is 4. The first-order valence-electron chi connectivity index (χ1n) is 8.62. The highest BCUT2D eigenvalue weighted by Crippen LogP contribution is 2.18. The molecule has 134 valence electrons. The van der Waals surface area contributed by atoms with Crippen molar-refractivity contribution in [3.05, 3.63) is 72.3 Å². The third kappa shape index (κ3) is 3.52. The molecule has 1 aliphatic rings. The van der Waals surface area contributed by atoms with Gasteiger partial charge in [0.25, 0.3) is 5.91 Å². The number of fused-ring (bicyclic) bond motifs is 1. The molecule has 26 heavy (non-hydrogen) atoms. The van der Waals surface area contributed by atoms with Gasteiger partial charge in [-0.25, -0.2) is 4.98 Å². The number of nitrogens with zero attached hydrogens (tertiary/aromatic N) is 5. The van der Waals surface area contributed by atoms with Crippen LogP contribution in [0.1, 0.15) is 21.9 Å². The van der Waals surface area contributed by atoms with Crippen LogP contribution < -0.4 is 0 Å². The van der Waals surface area contributed by atoms with Crippen LogP contribution in [0.4, 0.5) is 0 Å². The van der Waals surface area contributed by atoms with Gasteiger partial charge in [-0.15, -0.1) is 0 Å². The second-order valence-corrected chi connectivity index (χ2v) is 6.52. The normalized spacial score (nSPS) is 17.0. The fraction of sp³-hybridized carbons (Fsp3) is 0.316. The second kappa shape index (κ2) is 7.13. The highest BCUT2D eigenvalue weighted by atomic mass is 16.5. The van der Waals surface area contributed by atoms with Crippen molar-refractivity contribution in [3.63, 3.8) is 0 Å². The lowest BCUT2D eigenvalue weighted by Gasteiger charge is -2.23. The highest BCUT2D eigenvalue weighted by molar-refractivity contribution is 5.92. The van der Waals surface area contributed by atoms with E-state index < -0.39 is 0 Å². The largest absolute Gasteiger partial charge is 0.368 e. The van der Waals surface area contributed by atoms with Gasteiger partial charge in [0.2, 0.25) is 0 Å². The van der Waals surface area contributed by atoms with Crippen LogP contribution in [-0.4, -0.2) is 42.6 Å². The molecule has 0 saturated carbocycles. The van der Waals surface area contributed by atoms with E-state index in [1.807, 2.05) is 48.5 Å². The number of amides is 1. The Morgan fingerprint density at radius 2 is 2.15 bits per heavy atom. The summed E-state index contributed by atoms with van der Waals surface area (Å²) >= 11 is 0. The first kappa shape index (κ1) is 16.5. The number of aryl methyl sites for hydroxylation is 1. The van der Waals surface area contributed by atoms with E-state index in [4.69, 9.17) is 4.74 Å². The quantitative estimate of drug-likeness (QED) is 0.720. The van der Waals surface area contributed by atoms with Crippen molar-refractivity contribution in [2.75, 3.05) is 6.54 Å². The molecule has 0 saturated heterocycles. The number of carbonyl (C=O) groups is 1. The van der Waals surface area contributed by atoms with Gasteiger partial charge in [-0.1, -0.05) is 6.07 Å². The van der Waals surface area contributed by atoms with Gasteiger partial charge in [0.1, 0.15) is 5.69 Å². The summed E-state index contributed by atoms with van der Waals surface area (Å²) in [7, 11) is 1.86. The maximum absolute atomic E-state index is 12.9. The van der Waals surface area contributed by atoms with Crippen molar-refractivity contribution in [2.24, 2.45) is 7.05 Å². The van der Waals surface area contributed by atoms with Crippen molar-refractivity contribution in [2.45, 2.75) is 25.8 Å². The van der Waals surface area contributed by atoms with Crippen LogP contribution >= 0.6 is 0 Å². The molecule has 1 atom stereocenters. The average molecular weight is 351 g/mol. The predicted octanol–water partition coefficient (Wildman–Crippen LogP) is 1.86. The van der Waals surface area contributed by atoms with E-state index >= 15 is 0 Å². The van der Waals surface area contributed by atoms with Crippen LogP contribution in [0.2, 0.25) is 0 Å². The molecule has 0 unspecified atom stereocenters. The van der Waals surface area contributed by atoms with Crippen molar-refractivity contribution < 1.29 is 9.53 Å². The number of pyridine rings is 1. The zero-order valence-corrected chi connectivity index (χ0v) is 14.7. The maximum Gasteiger partial charge on any atom is 0.274 e. The van der Waals surface area contributed by atoms with E-state index in [0.29, 0.717) is 31.9 Å². The molecule has 0 radical (unpaired) electrons. The molecule has 1 aliphatic heterocycles. The Balaban J connectivity index is 1.52. The molecule has 0 bridgehead atoms. The van der Waals surface area contributed by atoms with Crippen molar-refractivity contribution >= 4 is 5.91 Å². The molecule has 0 spiro atoms. The van der Waals surface area contributed by atoms with Gasteiger partial charge in [0.15, 0.2) is 0 Å². The van der Waals surface area contributed by atoms with Crippen molar-refractivity contribution in [1.82, 2.24) is 24.0 Å². The summed E-state index contributed by atoms with van der Waals surface area (Å²) in [6.07, 6.45) is 7.06. The van der Waals surface area contributed by atoms with E-state index in [1.165, 1.54) is 0 Å². The minimum absolute atomic E-state index is 0.0771. The molecular formula is C19H21N5O2. The molecule has 0 fully saturated rings. The Bertz CT molecular complexity index is 886. The van der Waals surface area contributed by atoms with Gasteiger partial charge < -0.3 is 18.8 Å². The van der Waals surface area contributed by atoms with Gasteiger partial charge in [-0.2, -0.15) is 0 Å². The average Bonchev–Trinajstić information content (AvgIpc) is 3.24. The molecule has 3 aromatic rings. The standard InChI is InChI=1S/C19H21N5O2/c1-22-12-18(21-14-22)19(25)24-9-16-6-4-8-23(16)10-17(11-24)26-13-15-5-2-3-7-20-15/h2-8,12,14,17H,9-11,13H2,1H3/t17-/m1/s1. The Hall–Kier alpha value is -2.93. The number of hydrogen-bond acceptors (Lipinski definition) is 4. The molecule has 0 aliphatic carbocycles. The number of imidazole rings is 1. The monoisotopic (exact) mass is 351 g/mol. The van der Waals surface area contributed by atoms with Crippen LogP contribution in [-0.2, 0) is 31.5 Å². The van der Waals surface area contributed by atoms with E-state index in [1.54, 1.807) is 23.3 Å². The van der Waals surface area contributed by atoms with E-state index in [2.05, 4.69) is 14.5 Å². The van der Waals surface area contributed by atoms with Crippen LogP contribution in [0.3, 0.4) is 0 Å². The summed E-state index contributed by atoms with van der Waals surface area (Å²) in [4.78, 5) is 23.2. The topological polar surface area (TPSA) is 65.2 Å². The van der Waals surface area contributed by atoms with Crippen molar-refractivity contribution in [3.8, 4) is 0 Å². The highest BCUT2D eigenvalue weighted by Gasteiger charge is 2.27. The van der Waals surface area contributed by atoms with Crippen LogP contribution in [0.15, 0.2) is 55.2 Å². The third-order valence-corrected chi connectivity index (χ3v) is 4.51. The molecule has 0 N–H and O–H groups in total. The summed E-state index contributed by atoms with van der Waals surface area (Å²) in [5.74, 6) is -0.0771. The van der Waals surface area contributed by atoms with E-state index in [9.17, 15) is 4.79 Å². The van der Waals surface area contributed by atoms with Crippen LogP contribution in [0.25, 0.3) is 0 Å². The predicted molar refractivity (Wildman–Crippen MR) is 95.2 cm³/mol. The minimum Gasteiger partial charge on any atom is -0.368 e. The molecule has 1 amide bonds. The number of hydrogen-bond donors (Lipinski definition) is 0. The summed E-state index contributed by atoms with van der Waals surface area (Å²) in [6, 6.07) is 9.81. The summed E-state index contributed by atoms with van der Waals surface area (Å²) in [5.41, 5.74) is 2.43. The van der Waals surface area contributed by atoms with Crippen LogP contribution in [0, 0.1) is 0 Å². The molecule has 4 rings (SSSR count). The van der Waals surface area contributed by atoms with Gasteiger partial charge in [0.05, 0.1) is 37.8 Å². The molecule has 4 heterocycles. The summed E-state index contributed by atoms with van der Waals surface area (Å²) in [6.45, 7) is 2.20. The Kier molecular flexibility index (Phi) is 4.53. The van der Waals surface area contributed by atoms with E-state index in [-0.39, 0.29) is 12.0 Å². The smallest absolute Gasteiger partial charge is 0.274 e. The Labute approximate surface area is 151 Å². The lowest BCUT2D eigenvalue weighted by Crippen LogP contribution is -2.37. The van der Waals surface area contributed by atoms with Gasteiger partial charge in [-0.05, 0) is 24.3 Å². The fourth-order valence-corrected chi connectivity index (χ4v) is 3.19. The molecular weight excluding hydrogens is 330 g/mol. The lowest BCUT2D eigenvalue weighted by atomic mass is 10.3. The molecule has 0 aromatic carbocycles. The molecule has 7 heteroatoms. The van der Waals surface area contributed by atoms with Crippen molar-refractivity contribution in [1.29, 1.82) is 0 Å². The minimum atomic E-state index is -0.113.